The molecule has 15 heavy (non-hydrogen) atoms. The smallest absolute Gasteiger partial charge is 0.126 e. The van der Waals surface area contributed by atoms with Gasteiger partial charge in [0.25, 0.3) is 0 Å². The van der Waals surface area contributed by atoms with Crippen molar-refractivity contribution in [2.24, 2.45) is 0 Å². The van der Waals surface area contributed by atoms with Crippen LogP contribution in [-0.4, -0.2) is 12.1 Å². The molecule has 0 saturated carbocycles. The minimum absolute atomic E-state index is 0.853. The molecule has 0 aliphatic carbocycles. The topological polar surface area (TPSA) is 22.1 Å². The number of nitrogens with zero attached hydrogens (tertiary/aromatic N) is 1. The van der Waals surface area contributed by atoms with Gasteiger partial charge in [-0.3, -0.25) is 4.98 Å². The monoisotopic (exact) mass is 263 g/mol. The maximum atomic E-state index is 5.31. The summed E-state index contributed by atoms with van der Waals surface area (Å²) in [5.74, 6) is 0.853. The van der Waals surface area contributed by atoms with E-state index >= 15 is 0 Å². The molecule has 0 saturated heterocycles. The van der Waals surface area contributed by atoms with E-state index in [0.717, 1.165) is 21.3 Å². The second-order valence-electron chi connectivity index (χ2n) is 3.09. The van der Waals surface area contributed by atoms with Gasteiger partial charge in [0.15, 0.2) is 0 Å². The molecule has 0 aliphatic heterocycles. The summed E-state index contributed by atoms with van der Waals surface area (Å²) in [4.78, 5) is 4.10. The van der Waals surface area contributed by atoms with E-state index in [2.05, 4.69) is 20.9 Å². The van der Waals surface area contributed by atoms with Gasteiger partial charge in [-0.15, -0.1) is 0 Å². The molecule has 76 valence electrons. The van der Waals surface area contributed by atoms with Crippen LogP contribution in [0.25, 0.3) is 11.1 Å². The zero-order valence-electron chi connectivity index (χ0n) is 8.27. The normalized spacial score (nSPS) is 10.0. The molecule has 1 aromatic heterocycles. The molecule has 0 spiro atoms. The largest absolute Gasteiger partial charge is 0.496 e. The van der Waals surface area contributed by atoms with Crippen molar-refractivity contribution in [3.8, 4) is 16.9 Å². The van der Waals surface area contributed by atoms with E-state index in [4.69, 9.17) is 4.74 Å². The molecule has 1 heterocycles. The molecule has 3 heteroatoms. The minimum Gasteiger partial charge on any atom is -0.496 e. The van der Waals surface area contributed by atoms with E-state index in [-0.39, 0.29) is 0 Å². The second-order valence-corrected chi connectivity index (χ2v) is 4.00. The lowest BCUT2D eigenvalue weighted by Gasteiger charge is -2.08. The molecular weight excluding hydrogens is 254 g/mol. The lowest BCUT2D eigenvalue weighted by atomic mass is 10.1. The van der Waals surface area contributed by atoms with Crippen LogP contribution in [0.1, 0.15) is 0 Å². The Kier molecular flexibility index (Phi) is 3.02. The first kappa shape index (κ1) is 10.2. The van der Waals surface area contributed by atoms with Crippen molar-refractivity contribution in [2.75, 3.05) is 7.11 Å². The molecule has 0 aliphatic rings. The summed E-state index contributed by atoms with van der Waals surface area (Å²) in [5.41, 5.74) is 2.09. The predicted molar refractivity (Wildman–Crippen MR) is 63.9 cm³/mol. The second kappa shape index (κ2) is 4.45. The third kappa shape index (κ3) is 2.18. The number of rotatable bonds is 2. The summed E-state index contributed by atoms with van der Waals surface area (Å²) in [6.45, 7) is 0. The lowest BCUT2D eigenvalue weighted by Crippen LogP contribution is -1.88. The first-order chi connectivity index (χ1) is 7.31. The Labute approximate surface area is 97.1 Å². The van der Waals surface area contributed by atoms with E-state index in [1.54, 1.807) is 13.3 Å². The van der Waals surface area contributed by atoms with Gasteiger partial charge in [0, 0.05) is 28.0 Å². The fourth-order valence-corrected chi connectivity index (χ4v) is 1.79. The minimum atomic E-state index is 0.853. The van der Waals surface area contributed by atoms with Gasteiger partial charge in [0.1, 0.15) is 5.75 Å². The SMILES string of the molecule is COc1ccc(Br)cc1-c1cccnc1. The van der Waals surface area contributed by atoms with Crippen molar-refractivity contribution in [1.29, 1.82) is 0 Å². The zero-order chi connectivity index (χ0) is 10.7. The molecule has 2 rings (SSSR count). The molecule has 0 atom stereocenters. The number of methoxy groups -OCH3 is 1. The van der Waals surface area contributed by atoms with Crippen molar-refractivity contribution >= 4 is 15.9 Å². The molecule has 0 bridgehead atoms. The summed E-state index contributed by atoms with van der Waals surface area (Å²) in [7, 11) is 1.67. The van der Waals surface area contributed by atoms with E-state index in [0.29, 0.717) is 0 Å². The lowest BCUT2D eigenvalue weighted by molar-refractivity contribution is 0.416. The molecule has 2 nitrogen and oxygen atoms in total. The quantitative estimate of drug-likeness (QED) is 0.827. The van der Waals surface area contributed by atoms with Gasteiger partial charge in [-0.25, -0.2) is 0 Å². The molecular formula is C12H10BrNO. The third-order valence-corrected chi connectivity index (χ3v) is 2.63. The van der Waals surface area contributed by atoms with E-state index < -0.39 is 0 Å². The fraction of sp³-hybridized carbons (Fsp3) is 0.0833. The summed E-state index contributed by atoms with van der Waals surface area (Å²) >= 11 is 3.45. The molecule has 1 aromatic carbocycles. The number of pyridine rings is 1. The molecule has 0 radical (unpaired) electrons. The van der Waals surface area contributed by atoms with E-state index in [9.17, 15) is 0 Å². The summed E-state index contributed by atoms with van der Waals surface area (Å²) in [6, 6.07) is 9.84. The van der Waals surface area contributed by atoms with Crippen molar-refractivity contribution in [3.63, 3.8) is 0 Å². The molecule has 0 N–H and O–H groups in total. The van der Waals surface area contributed by atoms with Crippen LogP contribution in [0.2, 0.25) is 0 Å². The Bertz CT molecular complexity index is 456. The highest BCUT2D eigenvalue weighted by Gasteiger charge is 2.05. The van der Waals surface area contributed by atoms with E-state index in [1.165, 1.54) is 0 Å². The first-order valence-corrected chi connectivity index (χ1v) is 5.34. The van der Waals surface area contributed by atoms with Crippen molar-refractivity contribution in [2.45, 2.75) is 0 Å². The van der Waals surface area contributed by atoms with E-state index in [1.807, 2.05) is 36.5 Å². The average Bonchev–Trinajstić information content (AvgIpc) is 2.30. The van der Waals surface area contributed by atoms with Crippen molar-refractivity contribution in [3.05, 3.63) is 47.2 Å². The highest BCUT2D eigenvalue weighted by molar-refractivity contribution is 9.10. The van der Waals surface area contributed by atoms with Crippen LogP contribution >= 0.6 is 15.9 Å². The van der Waals surface area contributed by atoms with Gasteiger partial charge >= 0.3 is 0 Å². The Morgan fingerprint density at radius 2 is 2.13 bits per heavy atom. The Hall–Kier alpha value is -1.35. The standard InChI is InChI=1S/C12H10BrNO/c1-15-12-5-4-10(13)7-11(12)9-3-2-6-14-8-9/h2-8H,1H3. The van der Waals surface area contributed by atoms with Gasteiger partial charge in [0.2, 0.25) is 0 Å². The fourth-order valence-electron chi connectivity index (χ4n) is 1.43. The summed E-state index contributed by atoms with van der Waals surface area (Å²) in [5, 5.41) is 0. The van der Waals surface area contributed by atoms with Gasteiger partial charge < -0.3 is 4.74 Å². The van der Waals surface area contributed by atoms with Crippen LogP contribution < -0.4 is 4.74 Å². The van der Waals surface area contributed by atoms with Gasteiger partial charge in [0.05, 0.1) is 7.11 Å². The predicted octanol–water partition coefficient (Wildman–Crippen LogP) is 3.52. The van der Waals surface area contributed by atoms with Gasteiger partial charge in [-0.2, -0.15) is 0 Å². The van der Waals surface area contributed by atoms with Crippen molar-refractivity contribution in [1.82, 2.24) is 4.98 Å². The van der Waals surface area contributed by atoms with Crippen molar-refractivity contribution < 1.29 is 4.74 Å². The maximum Gasteiger partial charge on any atom is 0.126 e. The number of halogens is 1. The summed E-state index contributed by atoms with van der Waals surface area (Å²) < 4.78 is 6.34. The van der Waals surface area contributed by atoms with Crippen LogP contribution in [0.15, 0.2) is 47.2 Å². The average molecular weight is 264 g/mol. The van der Waals surface area contributed by atoms with Gasteiger partial charge in [-0.1, -0.05) is 22.0 Å². The van der Waals surface area contributed by atoms with Crippen LogP contribution in [0.5, 0.6) is 5.75 Å². The Morgan fingerprint density at radius 1 is 1.27 bits per heavy atom. The number of ether oxygens (including phenoxy) is 1. The number of benzene rings is 1. The first-order valence-electron chi connectivity index (χ1n) is 4.55. The molecule has 2 aromatic rings. The zero-order valence-corrected chi connectivity index (χ0v) is 9.86. The molecule has 0 unspecified atom stereocenters. The maximum absolute atomic E-state index is 5.31. The number of hydrogen-bond donors (Lipinski definition) is 0. The molecule has 0 fully saturated rings. The highest BCUT2D eigenvalue weighted by Crippen LogP contribution is 2.31. The van der Waals surface area contributed by atoms with Crippen LogP contribution in [0.3, 0.4) is 0 Å². The summed E-state index contributed by atoms with van der Waals surface area (Å²) in [6.07, 6.45) is 3.58. The van der Waals surface area contributed by atoms with Crippen LogP contribution in [0.4, 0.5) is 0 Å². The van der Waals surface area contributed by atoms with Gasteiger partial charge in [-0.05, 0) is 24.3 Å². The van der Waals surface area contributed by atoms with Crippen LogP contribution in [0, 0.1) is 0 Å². The van der Waals surface area contributed by atoms with Crippen LogP contribution in [-0.2, 0) is 0 Å². The number of hydrogen-bond acceptors (Lipinski definition) is 2. The third-order valence-electron chi connectivity index (χ3n) is 2.13. The molecule has 0 amide bonds. The Balaban J connectivity index is 2.56. The highest BCUT2D eigenvalue weighted by atomic mass is 79.9. The Morgan fingerprint density at radius 3 is 2.80 bits per heavy atom. The number of aromatic nitrogens is 1.